The van der Waals surface area contributed by atoms with E-state index in [-0.39, 0.29) is 5.69 Å². The second-order valence-corrected chi connectivity index (χ2v) is 3.39. The monoisotopic (exact) mass is 271 g/mol. The van der Waals surface area contributed by atoms with Gasteiger partial charge in [-0.3, -0.25) is 4.79 Å². The van der Waals surface area contributed by atoms with Gasteiger partial charge in [0.2, 0.25) is 0 Å². The number of hydrogen-bond donors (Lipinski definition) is 2. The van der Waals surface area contributed by atoms with E-state index in [0.29, 0.717) is 12.1 Å². The number of hydrogen-bond acceptors (Lipinski definition) is 2. The maximum atomic E-state index is 12.4. The Kier molecular flexibility index (Phi) is 4.17. The second kappa shape index (κ2) is 5.44. The molecule has 0 saturated carbocycles. The van der Waals surface area contributed by atoms with Crippen molar-refractivity contribution in [2.75, 3.05) is 5.32 Å². The van der Waals surface area contributed by atoms with Crippen molar-refractivity contribution in [3.05, 3.63) is 29.3 Å². The predicted molar refractivity (Wildman–Crippen MR) is 60.5 cm³/mol. The summed E-state index contributed by atoms with van der Waals surface area (Å²) in [6.07, 6.45) is -4.66. The number of carboxylic acids is 1. The van der Waals surface area contributed by atoms with Crippen molar-refractivity contribution in [3.8, 4) is 11.8 Å². The van der Waals surface area contributed by atoms with Gasteiger partial charge in [0.25, 0.3) is 5.91 Å². The van der Waals surface area contributed by atoms with Gasteiger partial charge in [-0.05, 0) is 31.0 Å². The summed E-state index contributed by atoms with van der Waals surface area (Å²) in [7, 11) is 0. The molecule has 0 aromatic heterocycles. The third-order valence-corrected chi connectivity index (χ3v) is 2.06. The van der Waals surface area contributed by atoms with Crippen molar-refractivity contribution in [3.63, 3.8) is 0 Å². The topological polar surface area (TPSA) is 66.4 Å². The van der Waals surface area contributed by atoms with Gasteiger partial charge in [-0.2, -0.15) is 13.2 Å². The van der Waals surface area contributed by atoms with E-state index >= 15 is 0 Å². The average Bonchev–Trinajstić information content (AvgIpc) is 2.27. The van der Waals surface area contributed by atoms with Crippen LogP contribution in [0.5, 0.6) is 0 Å². The predicted octanol–water partition coefficient (Wildman–Crippen LogP) is 2.37. The van der Waals surface area contributed by atoms with E-state index in [4.69, 9.17) is 5.11 Å². The molecule has 1 aromatic rings. The van der Waals surface area contributed by atoms with Crippen molar-refractivity contribution >= 4 is 17.6 Å². The Morgan fingerprint density at radius 2 is 1.95 bits per heavy atom. The number of aromatic carboxylic acids is 1. The maximum absolute atomic E-state index is 12.4. The number of carbonyl (C=O) groups is 2. The van der Waals surface area contributed by atoms with Crippen LogP contribution in [0.2, 0.25) is 0 Å². The lowest BCUT2D eigenvalue weighted by molar-refractivity contribution is -0.137. The van der Waals surface area contributed by atoms with Crippen LogP contribution in [0, 0.1) is 11.8 Å². The van der Waals surface area contributed by atoms with Gasteiger partial charge >= 0.3 is 12.1 Å². The number of nitrogens with one attached hydrogen (secondary N) is 1. The minimum Gasteiger partial charge on any atom is -0.478 e. The summed E-state index contributed by atoms with van der Waals surface area (Å²) in [5, 5.41) is 11.0. The average molecular weight is 271 g/mol. The van der Waals surface area contributed by atoms with Crippen LogP contribution in [0.4, 0.5) is 18.9 Å². The van der Waals surface area contributed by atoms with Gasteiger partial charge in [0.1, 0.15) is 0 Å². The summed E-state index contributed by atoms with van der Waals surface area (Å²) in [6.45, 7) is 1.39. The lowest BCUT2D eigenvalue weighted by Gasteiger charge is -2.10. The van der Waals surface area contributed by atoms with E-state index in [2.05, 4.69) is 17.2 Å². The van der Waals surface area contributed by atoms with Gasteiger partial charge in [0.05, 0.1) is 16.8 Å². The Morgan fingerprint density at radius 3 is 2.42 bits per heavy atom. The summed E-state index contributed by atoms with van der Waals surface area (Å²) < 4.78 is 37.3. The Morgan fingerprint density at radius 1 is 1.32 bits per heavy atom. The molecule has 100 valence electrons. The highest BCUT2D eigenvalue weighted by molar-refractivity contribution is 6.07. The highest BCUT2D eigenvalue weighted by atomic mass is 19.4. The van der Waals surface area contributed by atoms with E-state index in [1.54, 1.807) is 0 Å². The van der Waals surface area contributed by atoms with Crippen molar-refractivity contribution < 1.29 is 27.9 Å². The summed E-state index contributed by atoms with van der Waals surface area (Å²) in [5.74, 6) is 1.99. The number of halogens is 3. The molecule has 1 rings (SSSR count). The summed E-state index contributed by atoms with van der Waals surface area (Å²) in [5.41, 5.74) is -2.00. The van der Waals surface area contributed by atoms with Crippen LogP contribution in [0.1, 0.15) is 22.8 Å². The SMILES string of the molecule is CC#CC(=O)Nc1ccc(C(F)(F)F)cc1C(=O)O. The van der Waals surface area contributed by atoms with E-state index in [0.717, 1.165) is 6.07 Å². The van der Waals surface area contributed by atoms with Gasteiger partial charge in [-0.1, -0.05) is 5.92 Å². The van der Waals surface area contributed by atoms with Crippen LogP contribution in [0.15, 0.2) is 18.2 Å². The largest absolute Gasteiger partial charge is 0.478 e. The molecule has 0 aliphatic heterocycles. The summed E-state index contributed by atoms with van der Waals surface area (Å²) in [4.78, 5) is 22.1. The fraction of sp³-hybridized carbons (Fsp3) is 0.167. The molecule has 0 heterocycles. The maximum Gasteiger partial charge on any atom is 0.416 e. The molecule has 0 bridgehead atoms. The molecule has 1 amide bonds. The number of anilines is 1. The first-order valence-corrected chi connectivity index (χ1v) is 4.94. The number of amides is 1. The zero-order valence-electron chi connectivity index (χ0n) is 9.63. The number of benzene rings is 1. The first kappa shape index (κ1) is 14.6. The summed E-state index contributed by atoms with van der Waals surface area (Å²) >= 11 is 0. The van der Waals surface area contributed by atoms with Crippen molar-refractivity contribution in [2.24, 2.45) is 0 Å². The number of carboxylic acid groups (broad SMARTS) is 1. The molecule has 19 heavy (non-hydrogen) atoms. The molecule has 0 aliphatic carbocycles. The zero-order valence-corrected chi connectivity index (χ0v) is 9.63. The third kappa shape index (κ3) is 3.74. The summed E-state index contributed by atoms with van der Waals surface area (Å²) in [6, 6.07) is 2.01. The standard InChI is InChI=1S/C12H8F3NO3/c1-2-3-10(17)16-9-5-4-7(12(13,14)15)6-8(9)11(18)19/h4-6H,1H3,(H,16,17)(H,18,19). The quantitative estimate of drug-likeness (QED) is 0.811. The van der Waals surface area contributed by atoms with Gasteiger partial charge in [0, 0.05) is 0 Å². The van der Waals surface area contributed by atoms with Gasteiger partial charge in [0.15, 0.2) is 0 Å². The molecule has 0 radical (unpaired) electrons. The van der Waals surface area contributed by atoms with Crippen molar-refractivity contribution in [1.29, 1.82) is 0 Å². The molecule has 0 spiro atoms. The second-order valence-electron chi connectivity index (χ2n) is 3.39. The van der Waals surface area contributed by atoms with E-state index < -0.39 is 29.2 Å². The molecular weight excluding hydrogens is 263 g/mol. The Bertz CT molecular complexity index is 582. The molecule has 0 atom stereocenters. The Balaban J connectivity index is 3.22. The Hall–Kier alpha value is -2.49. The molecular formula is C12H8F3NO3. The molecule has 1 aromatic carbocycles. The van der Waals surface area contributed by atoms with E-state index in [1.807, 2.05) is 0 Å². The first-order valence-electron chi connectivity index (χ1n) is 4.94. The number of carbonyl (C=O) groups excluding carboxylic acids is 1. The smallest absolute Gasteiger partial charge is 0.416 e. The molecule has 0 saturated heterocycles. The Labute approximate surface area is 106 Å². The highest BCUT2D eigenvalue weighted by Crippen LogP contribution is 2.31. The normalized spacial score (nSPS) is 10.3. The van der Waals surface area contributed by atoms with Crippen LogP contribution in [-0.2, 0) is 11.0 Å². The molecule has 0 fully saturated rings. The van der Waals surface area contributed by atoms with E-state index in [9.17, 15) is 22.8 Å². The third-order valence-electron chi connectivity index (χ3n) is 2.06. The first-order chi connectivity index (χ1) is 8.75. The lowest BCUT2D eigenvalue weighted by Crippen LogP contribution is -2.14. The van der Waals surface area contributed by atoms with E-state index in [1.165, 1.54) is 6.92 Å². The molecule has 4 nitrogen and oxygen atoms in total. The fourth-order valence-electron chi connectivity index (χ4n) is 1.27. The van der Waals surface area contributed by atoms with Gasteiger partial charge in [-0.25, -0.2) is 4.79 Å². The van der Waals surface area contributed by atoms with Crippen LogP contribution >= 0.6 is 0 Å². The van der Waals surface area contributed by atoms with Crippen LogP contribution in [0.3, 0.4) is 0 Å². The van der Waals surface area contributed by atoms with Crippen molar-refractivity contribution in [1.82, 2.24) is 0 Å². The molecule has 0 unspecified atom stereocenters. The van der Waals surface area contributed by atoms with Gasteiger partial charge in [-0.15, -0.1) is 0 Å². The molecule has 7 heteroatoms. The van der Waals surface area contributed by atoms with Crippen LogP contribution in [0.25, 0.3) is 0 Å². The molecule has 0 aliphatic rings. The molecule has 2 N–H and O–H groups in total. The van der Waals surface area contributed by atoms with Crippen LogP contribution < -0.4 is 5.32 Å². The number of rotatable bonds is 2. The fourth-order valence-corrected chi connectivity index (χ4v) is 1.27. The number of alkyl halides is 3. The van der Waals surface area contributed by atoms with Gasteiger partial charge < -0.3 is 10.4 Å². The van der Waals surface area contributed by atoms with Crippen LogP contribution in [-0.4, -0.2) is 17.0 Å². The highest BCUT2D eigenvalue weighted by Gasteiger charge is 2.31. The lowest BCUT2D eigenvalue weighted by atomic mass is 10.1. The van der Waals surface area contributed by atoms with Crippen molar-refractivity contribution in [2.45, 2.75) is 13.1 Å². The minimum absolute atomic E-state index is 0.242. The minimum atomic E-state index is -4.66. The zero-order chi connectivity index (χ0) is 14.6.